The summed E-state index contributed by atoms with van der Waals surface area (Å²) in [6.45, 7) is 4.58. The fourth-order valence-corrected chi connectivity index (χ4v) is 1.30. The van der Waals surface area contributed by atoms with E-state index in [4.69, 9.17) is 5.73 Å². The van der Waals surface area contributed by atoms with Crippen molar-refractivity contribution in [2.24, 2.45) is 5.73 Å². The van der Waals surface area contributed by atoms with Crippen LogP contribution in [0, 0.1) is 5.82 Å². The Morgan fingerprint density at radius 1 is 1.21 bits per heavy atom. The van der Waals surface area contributed by atoms with Crippen LogP contribution < -0.4 is 5.73 Å². The summed E-state index contributed by atoms with van der Waals surface area (Å²) in [7, 11) is 0. The molecule has 2 heteroatoms. The minimum absolute atomic E-state index is 0.186. The van der Waals surface area contributed by atoms with Crippen molar-refractivity contribution >= 4 is 0 Å². The van der Waals surface area contributed by atoms with Crippen LogP contribution in [0.25, 0.3) is 0 Å². The maximum absolute atomic E-state index is 12.6. The largest absolute Gasteiger partial charge is 0.330 e. The van der Waals surface area contributed by atoms with Crippen molar-refractivity contribution in [2.75, 3.05) is 6.54 Å². The first kappa shape index (κ1) is 10.9. The lowest BCUT2D eigenvalue weighted by atomic mass is 10.0. The van der Waals surface area contributed by atoms with E-state index in [0.717, 1.165) is 30.4 Å². The number of hydrogen-bond donors (Lipinski definition) is 1. The highest BCUT2D eigenvalue weighted by molar-refractivity contribution is 5.17. The van der Waals surface area contributed by atoms with Gasteiger partial charge >= 0.3 is 0 Å². The number of hydrogen-bond acceptors (Lipinski definition) is 1. The average Bonchev–Trinajstić information content (AvgIpc) is 2.17. The lowest BCUT2D eigenvalue weighted by molar-refractivity contribution is 0.627. The monoisotopic (exact) mass is 193 g/mol. The molecule has 0 aromatic heterocycles. The molecule has 0 atom stereocenters. The first-order valence-electron chi connectivity index (χ1n) is 4.83. The van der Waals surface area contributed by atoms with E-state index in [0.29, 0.717) is 6.54 Å². The van der Waals surface area contributed by atoms with Crippen LogP contribution in [0.15, 0.2) is 36.4 Å². The second-order valence-corrected chi connectivity index (χ2v) is 3.42. The highest BCUT2D eigenvalue weighted by Gasteiger charge is 1.96. The molecule has 0 fully saturated rings. The van der Waals surface area contributed by atoms with E-state index < -0.39 is 0 Å². The summed E-state index contributed by atoms with van der Waals surface area (Å²) in [6.07, 6.45) is 2.73. The molecule has 1 nitrogen and oxygen atoms in total. The van der Waals surface area contributed by atoms with Gasteiger partial charge in [0.2, 0.25) is 0 Å². The first-order valence-corrected chi connectivity index (χ1v) is 4.83. The van der Waals surface area contributed by atoms with E-state index >= 15 is 0 Å². The number of rotatable bonds is 5. The molecule has 0 unspecified atom stereocenters. The van der Waals surface area contributed by atoms with Crippen molar-refractivity contribution in [1.29, 1.82) is 0 Å². The van der Waals surface area contributed by atoms with Crippen molar-refractivity contribution < 1.29 is 4.39 Å². The third-order valence-corrected chi connectivity index (χ3v) is 2.18. The van der Waals surface area contributed by atoms with Crippen molar-refractivity contribution in [1.82, 2.24) is 0 Å². The van der Waals surface area contributed by atoms with Gasteiger partial charge in [-0.15, -0.1) is 0 Å². The van der Waals surface area contributed by atoms with E-state index in [1.165, 1.54) is 12.1 Å². The maximum Gasteiger partial charge on any atom is 0.123 e. The fourth-order valence-electron chi connectivity index (χ4n) is 1.30. The topological polar surface area (TPSA) is 26.0 Å². The molecule has 1 rings (SSSR count). The summed E-state index contributed by atoms with van der Waals surface area (Å²) < 4.78 is 12.6. The molecule has 0 amide bonds. The van der Waals surface area contributed by atoms with E-state index in [2.05, 4.69) is 6.58 Å². The molecule has 0 saturated carbocycles. The van der Waals surface area contributed by atoms with E-state index in [-0.39, 0.29) is 5.82 Å². The summed E-state index contributed by atoms with van der Waals surface area (Å²) in [5, 5.41) is 0. The zero-order valence-corrected chi connectivity index (χ0v) is 8.30. The molecule has 1 aromatic carbocycles. The molecule has 0 aliphatic carbocycles. The zero-order valence-electron chi connectivity index (χ0n) is 8.30. The number of benzene rings is 1. The zero-order chi connectivity index (χ0) is 10.4. The first-order chi connectivity index (χ1) is 6.72. The van der Waals surface area contributed by atoms with Crippen LogP contribution >= 0.6 is 0 Å². The molecule has 0 aliphatic heterocycles. The van der Waals surface area contributed by atoms with Crippen molar-refractivity contribution in [3.8, 4) is 0 Å². The molecule has 0 radical (unpaired) electrons. The van der Waals surface area contributed by atoms with Gasteiger partial charge in [-0.1, -0.05) is 24.3 Å². The van der Waals surface area contributed by atoms with Gasteiger partial charge in [0.25, 0.3) is 0 Å². The Morgan fingerprint density at radius 2 is 1.86 bits per heavy atom. The van der Waals surface area contributed by atoms with Gasteiger partial charge in [-0.25, -0.2) is 4.39 Å². The minimum Gasteiger partial charge on any atom is -0.330 e. The number of halogens is 1. The van der Waals surface area contributed by atoms with Gasteiger partial charge in [-0.2, -0.15) is 0 Å². The summed E-state index contributed by atoms with van der Waals surface area (Å²) in [6, 6.07) is 6.60. The Hall–Kier alpha value is -1.15. The second kappa shape index (κ2) is 5.55. The summed E-state index contributed by atoms with van der Waals surface area (Å²) in [5.41, 5.74) is 7.71. The van der Waals surface area contributed by atoms with Crippen molar-refractivity contribution in [3.05, 3.63) is 47.8 Å². The minimum atomic E-state index is -0.186. The highest BCUT2D eigenvalue weighted by atomic mass is 19.1. The van der Waals surface area contributed by atoms with Crippen LogP contribution in [0.2, 0.25) is 0 Å². The molecular weight excluding hydrogens is 177 g/mol. The van der Waals surface area contributed by atoms with Crippen LogP contribution in [-0.4, -0.2) is 6.54 Å². The van der Waals surface area contributed by atoms with Gasteiger partial charge in [0.05, 0.1) is 0 Å². The van der Waals surface area contributed by atoms with E-state index in [9.17, 15) is 4.39 Å². The standard InChI is InChI=1S/C12H16FN/c1-10(8-9-14)2-3-11-4-6-12(13)7-5-11/h4-7H,1-3,8-9,14H2. The van der Waals surface area contributed by atoms with Crippen LogP contribution in [0.4, 0.5) is 4.39 Å². The van der Waals surface area contributed by atoms with Crippen molar-refractivity contribution in [2.45, 2.75) is 19.3 Å². The van der Waals surface area contributed by atoms with Crippen molar-refractivity contribution in [3.63, 3.8) is 0 Å². The predicted molar refractivity (Wildman–Crippen MR) is 57.5 cm³/mol. The SMILES string of the molecule is C=C(CCN)CCc1ccc(F)cc1. The fraction of sp³-hybridized carbons (Fsp3) is 0.333. The molecule has 0 aliphatic rings. The molecule has 1 aromatic rings. The van der Waals surface area contributed by atoms with Crippen LogP contribution in [0.5, 0.6) is 0 Å². The van der Waals surface area contributed by atoms with Crippen LogP contribution in [0.3, 0.4) is 0 Å². The van der Waals surface area contributed by atoms with Gasteiger partial charge in [0.1, 0.15) is 5.82 Å². The number of nitrogens with two attached hydrogens (primary N) is 1. The molecule has 0 saturated heterocycles. The molecule has 0 bridgehead atoms. The normalized spacial score (nSPS) is 10.1. The lowest BCUT2D eigenvalue weighted by Crippen LogP contribution is -2.00. The van der Waals surface area contributed by atoms with Gasteiger partial charge in [0, 0.05) is 0 Å². The van der Waals surface area contributed by atoms with E-state index in [1.807, 2.05) is 12.1 Å². The molecule has 0 heterocycles. The molecule has 76 valence electrons. The number of aryl methyl sites for hydroxylation is 1. The van der Waals surface area contributed by atoms with Crippen LogP contribution in [-0.2, 0) is 6.42 Å². The quantitative estimate of drug-likeness (QED) is 0.715. The summed E-state index contributed by atoms with van der Waals surface area (Å²) >= 11 is 0. The Morgan fingerprint density at radius 3 is 2.43 bits per heavy atom. The molecule has 14 heavy (non-hydrogen) atoms. The van der Waals surface area contributed by atoms with Gasteiger partial charge in [-0.05, 0) is 43.5 Å². The maximum atomic E-state index is 12.6. The summed E-state index contributed by atoms with van der Waals surface area (Å²) in [4.78, 5) is 0. The van der Waals surface area contributed by atoms with Gasteiger partial charge in [-0.3, -0.25) is 0 Å². The lowest BCUT2D eigenvalue weighted by Gasteiger charge is -2.03. The Bertz CT molecular complexity index is 290. The average molecular weight is 193 g/mol. The van der Waals surface area contributed by atoms with E-state index in [1.54, 1.807) is 0 Å². The highest BCUT2D eigenvalue weighted by Crippen LogP contribution is 2.10. The smallest absolute Gasteiger partial charge is 0.123 e. The Balaban J connectivity index is 2.38. The molecule has 0 spiro atoms. The van der Waals surface area contributed by atoms with Gasteiger partial charge < -0.3 is 5.73 Å². The summed E-state index contributed by atoms with van der Waals surface area (Å²) in [5.74, 6) is -0.186. The Kier molecular flexibility index (Phi) is 4.33. The molecular formula is C12H16FN. The third kappa shape index (κ3) is 3.71. The predicted octanol–water partition coefficient (Wildman–Crippen LogP) is 2.66. The van der Waals surface area contributed by atoms with Crippen LogP contribution in [0.1, 0.15) is 18.4 Å². The van der Waals surface area contributed by atoms with Gasteiger partial charge in [0.15, 0.2) is 0 Å². The molecule has 2 N–H and O–H groups in total. The second-order valence-electron chi connectivity index (χ2n) is 3.42. The third-order valence-electron chi connectivity index (χ3n) is 2.18. The Labute approximate surface area is 84.4 Å².